The molecule has 3 rings (SSSR count). The zero-order valence-corrected chi connectivity index (χ0v) is 15.1. The normalized spacial score (nSPS) is 20.9. The first-order valence-electron chi connectivity index (χ1n) is 7.94. The third-order valence-electron chi connectivity index (χ3n) is 4.45. The molecule has 2 N–H and O–H groups in total. The minimum atomic E-state index is -0.313. The van der Waals surface area contributed by atoms with E-state index in [1.807, 2.05) is 17.0 Å². The molecule has 0 aliphatic carbocycles. The van der Waals surface area contributed by atoms with Gasteiger partial charge in [0.15, 0.2) is 0 Å². The van der Waals surface area contributed by atoms with Gasteiger partial charge < -0.3 is 15.5 Å². The standard InChI is InChI=1S/C16H22N4O2.2ClH/c21-15-4-3-14(20(15)13-5-8-17-9-6-13)16(22)19-11-12-2-1-7-18-10-12;;/h1-2,7,10,13-14,17H,3-6,8-9,11H2,(H,19,22);2*1H. The summed E-state index contributed by atoms with van der Waals surface area (Å²) in [4.78, 5) is 30.5. The molecule has 3 heterocycles. The molecule has 1 aromatic heterocycles. The van der Waals surface area contributed by atoms with Crippen LogP contribution in [0.3, 0.4) is 0 Å². The lowest BCUT2D eigenvalue weighted by Gasteiger charge is -2.35. The lowest BCUT2D eigenvalue weighted by Crippen LogP contribution is -2.52. The van der Waals surface area contributed by atoms with Gasteiger partial charge in [-0.15, -0.1) is 24.8 Å². The Kier molecular flexibility index (Phi) is 8.45. The Morgan fingerprint density at radius 3 is 2.71 bits per heavy atom. The zero-order valence-electron chi connectivity index (χ0n) is 13.4. The fraction of sp³-hybridized carbons (Fsp3) is 0.562. The summed E-state index contributed by atoms with van der Waals surface area (Å²) in [6.45, 7) is 2.29. The SMILES string of the molecule is Cl.Cl.O=C(NCc1cccnc1)C1CCC(=O)N1C1CCNCC1. The molecule has 2 saturated heterocycles. The second-order valence-electron chi connectivity index (χ2n) is 5.92. The molecule has 6 nitrogen and oxygen atoms in total. The van der Waals surface area contributed by atoms with Crippen molar-refractivity contribution in [3.8, 4) is 0 Å². The molecule has 2 amide bonds. The van der Waals surface area contributed by atoms with Crippen molar-refractivity contribution in [2.45, 2.75) is 44.3 Å². The van der Waals surface area contributed by atoms with Gasteiger partial charge in [0.05, 0.1) is 0 Å². The number of carbonyl (C=O) groups is 2. The van der Waals surface area contributed by atoms with Crippen LogP contribution in [0.5, 0.6) is 0 Å². The van der Waals surface area contributed by atoms with Gasteiger partial charge in [-0.2, -0.15) is 0 Å². The van der Waals surface area contributed by atoms with Gasteiger partial charge in [0.2, 0.25) is 11.8 Å². The number of carbonyl (C=O) groups excluding carboxylic acids is 2. The van der Waals surface area contributed by atoms with Gasteiger partial charge in [-0.05, 0) is 44.0 Å². The molecule has 0 bridgehead atoms. The molecule has 1 unspecified atom stereocenters. The Labute approximate surface area is 154 Å². The number of amides is 2. The van der Waals surface area contributed by atoms with Crippen LogP contribution in [0.15, 0.2) is 24.5 Å². The van der Waals surface area contributed by atoms with E-state index in [1.165, 1.54) is 0 Å². The number of aromatic nitrogens is 1. The number of pyridine rings is 1. The van der Waals surface area contributed by atoms with Crippen LogP contribution >= 0.6 is 24.8 Å². The molecule has 0 aromatic carbocycles. The van der Waals surface area contributed by atoms with E-state index in [0.29, 0.717) is 19.4 Å². The molecule has 24 heavy (non-hydrogen) atoms. The van der Waals surface area contributed by atoms with Crippen molar-refractivity contribution in [2.24, 2.45) is 0 Å². The summed E-state index contributed by atoms with van der Waals surface area (Å²) >= 11 is 0. The number of rotatable bonds is 4. The van der Waals surface area contributed by atoms with Crippen LogP contribution in [-0.4, -0.2) is 46.9 Å². The number of hydrogen-bond acceptors (Lipinski definition) is 4. The molecule has 0 saturated carbocycles. The van der Waals surface area contributed by atoms with Crippen molar-refractivity contribution >= 4 is 36.6 Å². The molecule has 134 valence electrons. The molecule has 1 aromatic rings. The average Bonchev–Trinajstić information content (AvgIpc) is 2.96. The molecular formula is C16H24Cl2N4O2. The predicted molar refractivity (Wildman–Crippen MR) is 96.3 cm³/mol. The van der Waals surface area contributed by atoms with E-state index in [4.69, 9.17) is 0 Å². The number of nitrogens with zero attached hydrogens (tertiary/aromatic N) is 2. The first-order chi connectivity index (χ1) is 10.8. The van der Waals surface area contributed by atoms with Crippen LogP contribution < -0.4 is 10.6 Å². The lowest BCUT2D eigenvalue weighted by molar-refractivity contribution is -0.138. The minimum absolute atomic E-state index is 0. The highest BCUT2D eigenvalue weighted by Gasteiger charge is 2.40. The third-order valence-corrected chi connectivity index (χ3v) is 4.45. The maximum atomic E-state index is 12.5. The summed E-state index contributed by atoms with van der Waals surface area (Å²) in [6.07, 6.45) is 6.41. The second kappa shape index (κ2) is 9.81. The third kappa shape index (κ3) is 4.82. The second-order valence-corrected chi connectivity index (χ2v) is 5.92. The van der Waals surface area contributed by atoms with Crippen LogP contribution in [0.4, 0.5) is 0 Å². The Morgan fingerprint density at radius 2 is 2.04 bits per heavy atom. The van der Waals surface area contributed by atoms with E-state index in [1.54, 1.807) is 12.4 Å². The maximum Gasteiger partial charge on any atom is 0.243 e. The summed E-state index contributed by atoms with van der Waals surface area (Å²) in [5.41, 5.74) is 0.966. The summed E-state index contributed by atoms with van der Waals surface area (Å²) in [5.74, 6) is 0.0710. The van der Waals surface area contributed by atoms with Gasteiger partial charge in [-0.3, -0.25) is 14.6 Å². The highest BCUT2D eigenvalue weighted by atomic mass is 35.5. The van der Waals surface area contributed by atoms with Crippen molar-refractivity contribution in [3.05, 3.63) is 30.1 Å². The smallest absolute Gasteiger partial charge is 0.243 e. The van der Waals surface area contributed by atoms with Gasteiger partial charge in [0, 0.05) is 31.4 Å². The zero-order chi connectivity index (χ0) is 15.4. The maximum absolute atomic E-state index is 12.5. The molecule has 2 aliphatic heterocycles. The number of nitrogens with one attached hydrogen (secondary N) is 2. The van der Waals surface area contributed by atoms with Crippen molar-refractivity contribution in [3.63, 3.8) is 0 Å². The fourth-order valence-electron chi connectivity index (χ4n) is 3.31. The van der Waals surface area contributed by atoms with Crippen LogP contribution in [0.1, 0.15) is 31.2 Å². The quantitative estimate of drug-likeness (QED) is 0.832. The van der Waals surface area contributed by atoms with Crippen LogP contribution in [0, 0.1) is 0 Å². The average molecular weight is 375 g/mol. The van der Waals surface area contributed by atoms with Gasteiger partial charge in [-0.25, -0.2) is 0 Å². The molecule has 2 fully saturated rings. The Hall–Kier alpha value is -1.37. The van der Waals surface area contributed by atoms with E-state index < -0.39 is 0 Å². The number of likely N-dealkylation sites (tertiary alicyclic amines) is 1. The first kappa shape index (κ1) is 20.7. The van der Waals surface area contributed by atoms with Gasteiger partial charge in [-0.1, -0.05) is 6.07 Å². The Morgan fingerprint density at radius 1 is 1.29 bits per heavy atom. The van der Waals surface area contributed by atoms with Crippen LogP contribution in [-0.2, 0) is 16.1 Å². The van der Waals surface area contributed by atoms with Crippen molar-refractivity contribution in [1.82, 2.24) is 20.5 Å². The van der Waals surface area contributed by atoms with E-state index in [9.17, 15) is 9.59 Å². The monoisotopic (exact) mass is 374 g/mol. The summed E-state index contributed by atoms with van der Waals surface area (Å²) in [7, 11) is 0. The minimum Gasteiger partial charge on any atom is -0.350 e. The summed E-state index contributed by atoms with van der Waals surface area (Å²) < 4.78 is 0. The predicted octanol–water partition coefficient (Wildman–Crippen LogP) is 1.28. The van der Waals surface area contributed by atoms with E-state index in [2.05, 4.69) is 15.6 Å². The van der Waals surface area contributed by atoms with Crippen molar-refractivity contribution in [1.29, 1.82) is 0 Å². The van der Waals surface area contributed by atoms with Crippen molar-refractivity contribution < 1.29 is 9.59 Å². The van der Waals surface area contributed by atoms with Crippen LogP contribution in [0.2, 0.25) is 0 Å². The lowest BCUT2D eigenvalue weighted by atomic mass is 10.0. The highest BCUT2D eigenvalue weighted by molar-refractivity contribution is 5.91. The van der Waals surface area contributed by atoms with Gasteiger partial charge >= 0.3 is 0 Å². The molecule has 0 radical (unpaired) electrons. The topological polar surface area (TPSA) is 74.3 Å². The highest BCUT2D eigenvalue weighted by Crippen LogP contribution is 2.25. The largest absolute Gasteiger partial charge is 0.350 e. The molecule has 0 spiro atoms. The first-order valence-corrected chi connectivity index (χ1v) is 7.94. The molecule has 2 aliphatic rings. The number of halogens is 2. The van der Waals surface area contributed by atoms with E-state index >= 15 is 0 Å². The summed E-state index contributed by atoms with van der Waals surface area (Å²) in [6, 6.07) is 3.66. The van der Waals surface area contributed by atoms with E-state index in [0.717, 1.165) is 31.5 Å². The number of piperidine rings is 1. The van der Waals surface area contributed by atoms with Gasteiger partial charge in [0.25, 0.3) is 0 Å². The van der Waals surface area contributed by atoms with E-state index in [-0.39, 0.29) is 48.7 Å². The fourth-order valence-corrected chi connectivity index (χ4v) is 3.31. The number of hydrogen-bond donors (Lipinski definition) is 2. The van der Waals surface area contributed by atoms with Crippen molar-refractivity contribution in [2.75, 3.05) is 13.1 Å². The Bertz CT molecular complexity index is 538. The Balaban J connectivity index is 0.00000144. The molecule has 1 atom stereocenters. The summed E-state index contributed by atoms with van der Waals surface area (Å²) in [5, 5.41) is 6.24. The molecule has 8 heteroatoms. The van der Waals surface area contributed by atoms with Crippen LogP contribution in [0.25, 0.3) is 0 Å². The molecular weight excluding hydrogens is 351 g/mol. The van der Waals surface area contributed by atoms with Gasteiger partial charge in [0.1, 0.15) is 6.04 Å².